The molecule has 0 aliphatic heterocycles. The van der Waals surface area contributed by atoms with E-state index in [0.29, 0.717) is 34.7 Å². The van der Waals surface area contributed by atoms with Crippen LogP contribution in [0.25, 0.3) is 0 Å². The Morgan fingerprint density at radius 2 is 1.84 bits per heavy atom. The van der Waals surface area contributed by atoms with E-state index in [4.69, 9.17) is 21.1 Å². The minimum Gasteiger partial charge on any atom is -0.493 e. The SMILES string of the molecule is COc1cc(C(=O)NC2CCCC2)ccc1OCc1ccc(Cl)cc1. The maximum absolute atomic E-state index is 12.4. The molecule has 1 aliphatic carbocycles. The lowest BCUT2D eigenvalue weighted by Crippen LogP contribution is -2.32. The summed E-state index contributed by atoms with van der Waals surface area (Å²) >= 11 is 5.89. The molecule has 1 fully saturated rings. The molecule has 0 heterocycles. The first-order valence-corrected chi connectivity index (χ1v) is 8.89. The Bertz CT molecular complexity index is 724. The van der Waals surface area contributed by atoms with Gasteiger partial charge < -0.3 is 14.8 Å². The number of carbonyl (C=O) groups is 1. The van der Waals surface area contributed by atoms with E-state index in [0.717, 1.165) is 18.4 Å². The molecule has 0 radical (unpaired) electrons. The van der Waals surface area contributed by atoms with Gasteiger partial charge in [-0.3, -0.25) is 4.79 Å². The number of nitrogens with one attached hydrogen (secondary N) is 1. The zero-order chi connectivity index (χ0) is 17.6. The molecule has 5 heteroatoms. The number of amides is 1. The third-order valence-corrected chi connectivity index (χ3v) is 4.68. The van der Waals surface area contributed by atoms with E-state index >= 15 is 0 Å². The van der Waals surface area contributed by atoms with Crippen molar-refractivity contribution in [1.82, 2.24) is 5.32 Å². The lowest BCUT2D eigenvalue weighted by Gasteiger charge is -2.14. The van der Waals surface area contributed by atoms with Gasteiger partial charge in [-0.25, -0.2) is 0 Å². The lowest BCUT2D eigenvalue weighted by molar-refractivity contribution is 0.0937. The Hall–Kier alpha value is -2.20. The molecule has 3 rings (SSSR count). The number of hydrogen-bond acceptors (Lipinski definition) is 3. The minimum atomic E-state index is -0.0607. The predicted molar refractivity (Wildman–Crippen MR) is 98.5 cm³/mol. The van der Waals surface area contributed by atoms with Crippen molar-refractivity contribution in [3.8, 4) is 11.5 Å². The van der Waals surface area contributed by atoms with Crippen molar-refractivity contribution in [2.75, 3.05) is 7.11 Å². The quantitative estimate of drug-likeness (QED) is 0.819. The molecule has 2 aromatic rings. The van der Waals surface area contributed by atoms with Crippen molar-refractivity contribution < 1.29 is 14.3 Å². The average molecular weight is 360 g/mol. The summed E-state index contributed by atoms with van der Waals surface area (Å²) < 4.78 is 11.2. The zero-order valence-corrected chi connectivity index (χ0v) is 15.0. The highest BCUT2D eigenvalue weighted by Crippen LogP contribution is 2.29. The molecule has 0 unspecified atom stereocenters. The molecule has 4 nitrogen and oxygen atoms in total. The smallest absolute Gasteiger partial charge is 0.251 e. The van der Waals surface area contributed by atoms with Gasteiger partial charge in [-0.05, 0) is 48.7 Å². The molecule has 0 saturated heterocycles. The highest BCUT2D eigenvalue weighted by atomic mass is 35.5. The molecule has 0 bridgehead atoms. The first-order valence-electron chi connectivity index (χ1n) is 8.52. The second kappa shape index (κ2) is 8.26. The Labute approximate surface area is 153 Å². The Morgan fingerprint density at radius 1 is 1.12 bits per heavy atom. The van der Waals surface area contributed by atoms with Crippen molar-refractivity contribution in [3.63, 3.8) is 0 Å². The number of methoxy groups -OCH3 is 1. The molecular weight excluding hydrogens is 338 g/mol. The third kappa shape index (κ3) is 4.67. The second-order valence-electron chi connectivity index (χ2n) is 6.24. The second-order valence-corrected chi connectivity index (χ2v) is 6.67. The van der Waals surface area contributed by atoms with Crippen molar-refractivity contribution in [2.45, 2.75) is 38.3 Å². The largest absolute Gasteiger partial charge is 0.493 e. The molecule has 2 aromatic carbocycles. The Balaban J connectivity index is 1.66. The van der Waals surface area contributed by atoms with Crippen molar-refractivity contribution in [3.05, 3.63) is 58.6 Å². The van der Waals surface area contributed by atoms with Crippen LogP contribution in [0.3, 0.4) is 0 Å². The highest BCUT2D eigenvalue weighted by molar-refractivity contribution is 6.30. The molecule has 1 amide bonds. The Kier molecular flexibility index (Phi) is 5.82. The molecular formula is C20H22ClNO3. The van der Waals surface area contributed by atoms with Crippen LogP contribution in [-0.4, -0.2) is 19.1 Å². The van der Waals surface area contributed by atoms with E-state index in [1.54, 1.807) is 25.3 Å². The molecule has 0 spiro atoms. The van der Waals surface area contributed by atoms with E-state index in [1.165, 1.54) is 12.8 Å². The maximum Gasteiger partial charge on any atom is 0.251 e. The van der Waals surface area contributed by atoms with Crippen LogP contribution >= 0.6 is 11.6 Å². The van der Waals surface area contributed by atoms with Crippen LogP contribution in [-0.2, 0) is 6.61 Å². The number of rotatable bonds is 6. The monoisotopic (exact) mass is 359 g/mol. The van der Waals surface area contributed by atoms with Crippen LogP contribution in [0, 0.1) is 0 Å². The van der Waals surface area contributed by atoms with Gasteiger partial charge in [0, 0.05) is 16.6 Å². The van der Waals surface area contributed by atoms with E-state index in [-0.39, 0.29) is 5.91 Å². The first kappa shape index (κ1) is 17.6. The fraction of sp³-hybridized carbons (Fsp3) is 0.350. The van der Waals surface area contributed by atoms with E-state index in [9.17, 15) is 4.79 Å². The number of benzene rings is 2. The standard InChI is InChI=1S/C20H22ClNO3/c1-24-19-12-15(20(23)22-17-4-2-3-5-17)8-11-18(19)25-13-14-6-9-16(21)10-7-14/h6-12,17H,2-5,13H2,1H3,(H,22,23). The van der Waals surface area contributed by atoms with Crippen LogP contribution in [0.2, 0.25) is 5.02 Å². The summed E-state index contributed by atoms with van der Waals surface area (Å²) in [5.41, 5.74) is 1.59. The third-order valence-electron chi connectivity index (χ3n) is 4.42. The van der Waals surface area contributed by atoms with Gasteiger partial charge >= 0.3 is 0 Å². The number of ether oxygens (including phenoxy) is 2. The van der Waals surface area contributed by atoms with Gasteiger partial charge in [0.15, 0.2) is 11.5 Å². The molecule has 0 aromatic heterocycles. The number of carbonyl (C=O) groups excluding carboxylic acids is 1. The van der Waals surface area contributed by atoms with Crippen LogP contribution in [0.15, 0.2) is 42.5 Å². The van der Waals surface area contributed by atoms with Gasteiger partial charge in [0.1, 0.15) is 6.61 Å². The van der Waals surface area contributed by atoms with Crippen molar-refractivity contribution in [2.24, 2.45) is 0 Å². The van der Waals surface area contributed by atoms with Crippen LogP contribution in [0.5, 0.6) is 11.5 Å². The molecule has 25 heavy (non-hydrogen) atoms. The summed E-state index contributed by atoms with van der Waals surface area (Å²) in [4.78, 5) is 12.4. The van der Waals surface area contributed by atoms with Crippen LogP contribution in [0.4, 0.5) is 0 Å². The van der Waals surface area contributed by atoms with Gasteiger partial charge in [0.2, 0.25) is 0 Å². The van der Waals surface area contributed by atoms with Crippen molar-refractivity contribution >= 4 is 17.5 Å². The number of hydrogen-bond donors (Lipinski definition) is 1. The maximum atomic E-state index is 12.4. The molecule has 1 N–H and O–H groups in total. The summed E-state index contributed by atoms with van der Waals surface area (Å²) in [5.74, 6) is 1.09. The average Bonchev–Trinajstić information content (AvgIpc) is 3.14. The van der Waals surface area contributed by atoms with Gasteiger partial charge in [0.05, 0.1) is 7.11 Å². The lowest BCUT2D eigenvalue weighted by atomic mass is 10.1. The topological polar surface area (TPSA) is 47.6 Å². The summed E-state index contributed by atoms with van der Waals surface area (Å²) in [6.07, 6.45) is 4.49. The zero-order valence-electron chi connectivity index (χ0n) is 14.3. The molecule has 1 saturated carbocycles. The van der Waals surface area contributed by atoms with Crippen LogP contribution < -0.4 is 14.8 Å². The highest BCUT2D eigenvalue weighted by Gasteiger charge is 2.19. The van der Waals surface area contributed by atoms with Gasteiger partial charge in [0.25, 0.3) is 5.91 Å². The summed E-state index contributed by atoms with van der Waals surface area (Å²) in [6.45, 7) is 0.404. The first-order chi connectivity index (χ1) is 12.2. The fourth-order valence-corrected chi connectivity index (χ4v) is 3.13. The summed E-state index contributed by atoms with van der Waals surface area (Å²) in [5, 5.41) is 3.77. The van der Waals surface area contributed by atoms with E-state index < -0.39 is 0 Å². The fourth-order valence-electron chi connectivity index (χ4n) is 3.01. The van der Waals surface area contributed by atoms with Gasteiger partial charge in [-0.15, -0.1) is 0 Å². The van der Waals surface area contributed by atoms with E-state index in [2.05, 4.69) is 5.32 Å². The normalized spacial score (nSPS) is 14.3. The van der Waals surface area contributed by atoms with E-state index in [1.807, 2.05) is 24.3 Å². The van der Waals surface area contributed by atoms with Crippen molar-refractivity contribution in [1.29, 1.82) is 0 Å². The molecule has 0 atom stereocenters. The van der Waals surface area contributed by atoms with Gasteiger partial charge in [-0.2, -0.15) is 0 Å². The summed E-state index contributed by atoms with van der Waals surface area (Å²) in [7, 11) is 1.57. The van der Waals surface area contributed by atoms with Crippen LogP contribution in [0.1, 0.15) is 41.6 Å². The number of halogens is 1. The minimum absolute atomic E-state index is 0.0607. The molecule has 132 valence electrons. The van der Waals surface area contributed by atoms with Gasteiger partial charge in [-0.1, -0.05) is 36.6 Å². The predicted octanol–water partition coefficient (Wildman–Crippen LogP) is 4.60. The molecule has 1 aliphatic rings. The summed E-state index contributed by atoms with van der Waals surface area (Å²) in [6, 6.07) is 13.0. The Morgan fingerprint density at radius 3 is 2.52 bits per heavy atom.